The molecule has 0 spiro atoms. The summed E-state index contributed by atoms with van der Waals surface area (Å²) in [4.78, 5) is 12.2. The molecule has 0 bridgehead atoms. The molecule has 26 heavy (non-hydrogen) atoms. The van der Waals surface area contributed by atoms with E-state index in [0.717, 1.165) is 25.9 Å². The number of carbonyl (C=O) groups excluding carboxylic acids is 1. The number of para-hydroxylation sites is 1. The van der Waals surface area contributed by atoms with Crippen LogP contribution in [0.25, 0.3) is 0 Å². The third-order valence-corrected chi connectivity index (χ3v) is 4.59. The van der Waals surface area contributed by atoms with E-state index in [1.165, 1.54) is 18.2 Å². The zero-order valence-electron chi connectivity index (χ0n) is 14.8. The van der Waals surface area contributed by atoms with E-state index in [9.17, 15) is 18.0 Å². The number of piperidine rings is 1. The zero-order chi connectivity index (χ0) is 19.0. The second kappa shape index (κ2) is 9.23. The number of ether oxygens (including phenoxy) is 2. The van der Waals surface area contributed by atoms with Crippen molar-refractivity contribution in [3.8, 4) is 5.75 Å². The van der Waals surface area contributed by atoms with Crippen LogP contribution in [0.2, 0.25) is 0 Å². The Morgan fingerprint density at radius 2 is 1.96 bits per heavy atom. The molecule has 8 heteroatoms. The highest BCUT2D eigenvalue weighted by Gasteiger charge is 2.33. The summed E-state index contributed by atoms with van der Waals surface area (Å²) >= 11 is 0. The van der Waals surface area contributed by atoms with Gasteiger partial charge in [0.15, 0.2) is 0 Å². The summed E-state index contributed by atoms with van der Waals surface area (Å²) in [5.41, 5.74) is 0.265. The van der Waals surface area contributed by atoms with Gasteiger partial charge in [-0.25, -0.2) is 0 Å². The maximum absolute atomic E-state index is 12.4. The average molecular weight is 374 g/mol. The van der Waals surface area contributed by atoms with Crippen LogP contribution in [0.3, 0.4) is 0 Å². The molecule has 0 unspecified atom stereocenters. The first-order valence-corrected chi connectivity index (χ1v) is 8.64. The maximum atomic E-state index is 12.4. The summed E-state index contributed by atoms with van der Waals surface area (Å²) in [6.45, 7) is 2.82. The number of aryl methyl sites for hydroxylation is 1. The minimum atomic E-state index is -4.75. The van der Waals surface area contributed by atoms with Crippen molar-refractivity contribution < 1.29 is 27.4 Å². The fourth-order valence-electron chi connectivity index (χ4n) is 3.19. The van der Waals surface area contributed by atoms with E-state index in [4.69, 9.17) is 4.74 Å². The molecule has 1 aliphatic rings. The van der Waals surface area contributed by atoms with Gasteiger partial charge >= 0.3 is 6.36 Å². The monoisotopic (exact) mass is 374 g/mol. The summed E-state index contributed by atoms with van der Waals surface area (Å²) in [5.74, 6) is -0.456. The average Bonchev–Trinajstić information content (AvgIpc) is 2.59. The van der Waals surface area contributed by atoms with Crippen molar-refractivity contribution in [1.82, 2.24) is 10.6 Å². The third-order valence-electron chi connectivity index (χ3n) is 4.59. The number of rotatable bonds is 8. The van der Waals surface area contributed by atoms with Gasteiger partial charge in [0.25, 0.3) is 0 Å². The lowest BCUT2D eigenvalue weighted by molar-refractivity contribution is -0.274. The second-order valence-corrected chi connectivity index (χ2v) is 6.62. The van der Waals surface area contributed by atoms with Crippen LogP contribution in [0.15, 0.2) is 24.3 Å². The molecule has 5 nitrogen and oxygen atoms in total. The maximum Gasteiger partial charge on any atom is 0.573 e. The van der Waals surface area contributed by atoms with Crippen molar-refractivity contribution in [1.29, 1.82) is 0 Å². The first-order chi connectivity index (χ1) is 12.3. The molecule has 1 aromatic carbocycles. The van der Waals surface area contributed by atoms with Gasteiger partial charge in [-0.05, 0) is 44.0 Å². The largest absolute Gasteiger partial charge is 0.573 e. The van der Waals surface area contributed by atoms with Crippen LogP contribution in [-0.4, -0.2) is 45.6 Å². The van der Waals surface area contributed by atoms with Crippen LogP contribution in [0.5, 0.6) is 5.75 Å². The standard InChI is InChI=1S/C18H25F3N2O3/c1-25-13-17(8-10-22-11-9-17)12-23-16(24)7-6-14-4-2-3-5-15(14)26-18(19,20)21/h2-5,22H,6-13H2,1H3,(H,23,24). The predicted molar refractivity (Wildman–Crippen MR) is 90.9 cm³/mol. The molecule has 2 N–H and O–H groups in total. The van der Waals surface area contributed by atoms with Crippen molar-refractivity contribution in [3.63, 3.8) is 0 Å². The lowest BCUT2D eigenvalue weighted by Gasteiger charge is -2.37. The molecule has 0 saturated carbocycles. The molecule has 0 aromatic heterocycles. The molecular formula is C18H25F3N2O3. The van der Waals surface area contributed by atoms with E-state index in [1.807, 2.05) is 0 Å². The summed E-state index contributed by atoms with van der Waals surface area (Å²) in [5, 5.41) is 6.19. The highest BCUT2D eigenvalue weighted by Crippen LogP contribution is 2.29. The Kier molecular flexibility index (Phi) is 7.28. The summed E-state index contributed by atoms with van der Waals surface area (Å²) < 4.78 is 46.6. The number of amides is 1. The van der Waals surface area contributed by atoms with Gasteiger partial charge in [0.1, 0.15) is 5.75 Å². The van der Waals surface area contributed by atoms with Gasteiger partial charge < -0.3 is 20.1 Å². The van der Waals surface area contributed by atoms with Crippen LogP contribution in [0.1, 0.15) is 24.8 Å². The fraction of sp³-hybridized carbons (Fsp3) is 0.611. The molecule has 1 aromatic rings. The fourth-order valence-corrected chi connectivity index (χ4v) is 3.19. The van der Waals surface area contributed by atoms with Crippen LogP contribution < -0.4 is 15.4 Å². The van der Waals surface area contributed by atoms with Gasteiger partial charge in [-0.15, -0.1) is 13.2 Å². The number of carbonyl (C=O) groups is 1. The Hall–Kier alpha value is -1.80. The number of nitrogens with one attached hydrogen (secondary N) is 2. The van der Waals surface area contributed by atoms with Crippen LogP contribution in [0, 0.1) is 5.41 Å². The summed E-state index contributed by atoms with van der Waals surface area (Å²) in [6.07, 6.45) is -2.66. The number of hydrogen-bond acceptors (Lipinski definition) is 4. The Balaban J connectivity index is 1.87. The van der Waals surface area contributed by atoms with Gasteiger partial charge in [-0.2, -0.15) is 0 Å². The molecule has 0 aliphatic carbocycles. The Morgan fingerprint density at radius 3 is 2.62 bits per heavy atom. The molecule has 1 fully saturated rings. The van der Waals surface area contributed by atoms with Crippen molar-refractivity contribution in [2.45, 2.75) is 32.0 Å². The topological polar surface area (TPSA) is 59.6 Å². The number of methoxy groups -OCH3 is 1. The van der Waals surface area contributed by atoms with E-state index >= 15 is 0 Å². The van der Waals surface area contributed by atoms with E-state index in [2.05, 4.69) is 15.4 Å². The van der Waals surface area contributed by atoms with Crippen molar-refractivity contribution >= 4 is 5.91 Å². The molecular weight excluding hydrogens is 349 g/mol. The van der Waals surface area contributed by atoms with Crippen LogP contribution in [0.4, 0.5) is 13.2 Å². The molecule has 1 aliphatic heterocycles. The van der Waals surface area contributed by atoms with E-state index < -0.39 is 6.36 Å². The SMILES string of the molecule is COCC1(CNC(=O)CCc2ccccc2OC(F)(F)F)CCNCC1. The molecule has 1 heterocycles. The third kappa shape index (κ3) is 6.49. The zero-order valence-corrected chi connectivity index (χ0v) is 14.8. The Labute approximate surface area is 151 Å². The molecule has 1 saturated heterocycles. The van der Waals surface area contributed by atoms with Crippen molar-refractivity contribution in [2.75, 3.05) is 33.4 Å². The quantitative estimate of drug-likeness (QED) is 0.735. The molecule has 0 atom stereocenters. The minimum absolute atomic E-state index is 0.0903. The highest BCUT2D eigenvalue weighted by molar-refractivity contribution is 5.76. The number of halogens is 3. The van der Waals surface area contributed by atoms with Gasteiger partial charge in [0.05, 0.1) is 6.61 Å². The van der Waals surface area contributed by atoms with E-state index in [0.29, 0.717) is 18.7 Å². The number of benzene rings is 1. The minimum Gasteiger partial charge on any atom is -0.406 e. The molecule has 0 radical (unpaired) electrons. The summed E-state index contributed by atoms with van der Waals surface area (Å²) in [6, 6.07) is 5.88. The van der Waals surface area contributed by atoms with Gasteiger partial charge in [0, 0.05) is 25.5 Å². The smallest absolute Gasteiger partial charge is 0.406 e. The predicted octanol–water partition coefficient (Wildman–Crippen LogP) is 2.65. The second-order valence-electron chi connectivity index (χ2n) is 6.62. The van der Waals surface area contributed by atoms with Crippen LogP contribution in [-0.2, 0) is 16.0 Å². The van der Waals surface area contributed by atoms with E-state index in [1.54, 1.807) is 13.2 Å². The first kappa shape index (κ1) is 20.5. The van der Waals surface area contributed by atoms with Crippen LogP contribution >= 0.6 is 0 Å². The van der Waals surface area contributed by atoms with Crippen molar-refractivity contribution in [2.24, 2.45) is 5.41 Å². The Bertz CT molecular complexity index is 582. The summed E-state index contributed by atoms with van der Waals surface area (Å²) in [7, 11) is 1.64. The highest BCUT2D eigenvalue weighted by atomic mass is 19.4. The Morgan fingerprint density at radius 1 is 1.27 bits per heavy atom. The van der Waals surface area contributed by atoms with Gasteiger partial charge in [-0.3, -0.25) is 4.79 Å². The lowest BCUT2D eigenvalue weighted by Crippen LogP contribution is -2.47. The normalized spacial score (nSPS) is 16.9. The number of alkyl halides is 3. The van der Waals surface area contributed by atoms with Crippen molar-refractivity contribution in [3.05, 3.63) is 29.8 Å². The van der Waals surface area contributed by atoms with Gasteiger partial charge in [0.2, 0.25) is 5.91 Å². The lowest BCUT2D eigenvalue weighted by atomic mass is 9.79. The number of hydrogen-bond donors (Lipinski definition) is 2. The molecule has 146 valence electrons. The molecule has 2 rings (SSSR count). The molecule has 1 amide bonds. The van der Waals surface area contributed by atoms with E-state index in [-0.39, 0.29) is 29.9 Å². The van der Waals surface area contributed by atoms with Gasteiger partial charge in [-0.1, -0.05) is 18.2 Å². The first-order valence-electron chi connectivity index (χ1n) is 8.64.